The van der Waals surface area contributed by atoms with Gasteiger partial charge in [0.05, 0.1) is 18.9 Å². The minimum atomic E-state index is -0.861. The molecule has 0 spiro atoms. The van der Waals surface area contributed by atoms with Gasteiger partial charge in [-0.05, 0) is 37.5 Å². The Balaban J connectivity index is 1.45. The van der Waals surface area contributed by atoms with Gasteiger partial charge in [0.15, 0.2) is 0 Å². The van der Waals surface area contributed by atoms with E-state index in [0.717, 1.165) is 24.2 Å². The smallest absolute Gasteiger partial charge is 0.315 e. The number of carbonyl (C=O) groups is 1. The fourth-order valence-corrected chi connectivity index (χ4v) is 2.44. The lowest BCUT2D eigenvalue weighted by Crippen LogP contribution is -2.37. The molecule has 1 aliphatic rings. The maximum atomic E-state index is 11.9. The molecule has 3 N–H and O–H groups in total. The van der Waals surface area contributed by atoms with Crippen LogP contribution < -0.4 is 15.4 Å². The number of urea groups is 1. The van der Waals surface area contributed by atoms with E-state index in [0.29, 0.717) is 18.4 Å². The van der Waals surface area contributed by atoms with Crippen molar-refractivity contribution in [3.8, 4) is 5.75 Å². The Morgan fingerprint density at radius 2 is 2.08 bits per heavy atom. The van der Waals surface area contributed by atoms with Crippen LogP contribution in [0, 0.1) is 0 Å². The van der Waals surface area contributed by atoms with Gasteiger partial charge in [0.2, 0.25) is 0 Å². The molecular formula is C18H22N2O4. The third-order valence-corrected chi connectivity index (χ3v) is 4.09. The lowest BCUT2D eigenvalue weighted by molar-refractivity contribution is 0.119. The lowest BCUT2D eigenvalue weighted by Gasteiger charge is -2.27. The van der Waals surface area contributed by atoms with Gasteiger partial charge in [0.25, 0.3) is 0 Å². The van der Waals surface area contributed by atoms with Crippen molar-refractivity contribution in [1.82, 2.24) is 10.6 Å². The molecule has 0 aliphatic heterocycles. The number of aliphatic hydroxyl groups is 1. The Labute approximate surface area is 140 Å². The van der Waals surface area contributed by atoms with E-state index in [4.69, 9.17) is 9.15 Å². The molecule has 1 aromatic carbocycles. The summed E-state index contributed by atoms with van der Waals surface area (Å²) in [7, 11) is 0. The second-order valence-corrected chi connectivity index (χ2v) is 5.87. The molecule has 128 valence electrons. The van der Waals surface area contributed by atoms with E-state index in [-0.39, 0.29) is 12.6 Å². The van der Waals surface area contributed by atoms with Crippen molar-refractivity contribution in [2.24, 2.45) is 0 Å². The third-order valence-electron chi connectivity index (χ3n) is 4.09. The van der Waals surface area contributed by atoms with E-state index in [1.54, 1.807) is 12.1 Å². The normalized spacial score (nSPS) is 15.4. The van der Waals surface area contributed by atoms with Gasteiger partial charge in [-0.1, -0.05) is 18.2 Å². The Kier molecular flexibility index (Phi) is 5.38. The van der Waals surface area contributed by atoms with Crippen LogP contribution in [0.4, 0.5) is 4.79 Å². The Morgan fingerprint density at radius 3 is 2.79 bits per heavy atom. The fourth-order valence-electron chi connectivity index (χ4n) is 2.44. The molecule has 6 nitrogen and oxygen atoms in total. The molecule has 0 radical (unpaired) electrons. The highest BCUT2D eigenvalue weighted by molar-refractivity contribution is 5.73. The lowest BCUT2D eigenvalue weighted by atomic mass is 9.96. The van der Waals surface area contributed by atoms with E-state index in [2.05, 4.69) is 10.6 Å². The van der Waals surface area contributed by atoms with Crippen LogP contribution in [-0.2, 0) is 6.54 Å². The molecule has 2 aromatic rings. The largest absolute Gasteiger partial charge is 0.490 e. The molecular weight excluding hydrogens is 308 g/mol. The van der Waals surface area contributed by atoms with Crippen molar-refractivity contribution in [3.05, 3.63) is 54.0 Å². The number of benzene rings is 1. The molecule has 24 heavy (non-hydrogen) atoms. The van der Waals surface area contributed by atoms with Crippen molar-refractivity contribution in [3.63, 3.8) is 0 Å². The number of para-hydroxylation sites is 1. The van der Waals surface area contributed by atoms with Gasteiger partial charge in [-0.25, -0.2) is 4.79 Å². The number of ether oxygens (including phenoxy) is 1. The first-order valence-corrected chi connectivity index (χ1v) is 8.20. The highest BCUT2D eigenvalue weighted by Gasteiger charge is 2.20. The van der Waals surface area contributed by atoms with Crippen LogP contribution in [-0.4, -0.2) is 23.8 Å². The predicted octanol–water partition coefficient (Wildman–Crippen LogP) is 2.74. The van der Waals surface area contributed by atoms with Gasteiger partial charge in [-0.3, -0.25) is 0 Å². The topological polar surface area (TPSA) is 83.7 Å². The van der Waals surface area contributed by atoms with Crippen LogP contribution >= 0.6 is 0 Å². The molecule has 1 aromatic heterocycles. The molecule has 0 bridgehead atoms. The van der Waals surface area contributed by atoms with Crippen molar-refractivity contribution >= 4 is 6.03 Å². The molecule has 3 rings (SSSR count). The molecule has 1 unspecified atom stereocenters. The van der Waals surface area contributed by atoms with Gasteiger partial charge >= 0.3 is 6.03 Å². The van der Waals surface area contributed by atoms with E-state index in [1.807, 2.05) is 24.3 Å². The van der Waals surface area contributed by atoms with Gasteiger partial charge < -0.3 is 24.9 Å². The number of hydrogen-bond acceptors (Lipinski definition) is 4. The summed E-state index contributed by atoms with van der Waals surface area (Å²) in [6, 6.07) is 10.7. The first kappa shape index (κ1) is 16.4. The fraction of sp³-hybridized carbons (Fsp3) is 0.389. The number of amides is 2. The van der Waals surface area contributed by atoms with Crippen LogP contribution in [0.2, 0.25) is 0 Å². The minimum Gasteiger partial charge on any atom is -0.490 e. The van der Waals surface area contributed by atoms with Crippen LogP contribution in [0.5, 0.6) is 5.75 Å². The zero-order valence-electron chi connectivity index (χ0n) is 13.4. The third kappa shape index (κ3) is 4.29. The molecule has 1 saturated carbocycles. The van der Waals surface area contributed by atoms with E-state index in [1.165, 1.54) is 12.7 Å². The molecule has 1 atom stereocenters. The molecule has 0 saturated heterocycles. The maximum absolute atomic E-state index is 11.9. The average Bonchev–Trinajstić information content (AvgIpc) is 3.09. The summed E-state index contributed by atoms with van der Waals surface area (Å²) in [6.45, 7) is 0.450. The van der Waals surface area contributed by atoms with Gasteiger partial charge in [0.1, 0.15) is 17.6 Å². The van der Waals surface area contributed by atoms with Gasteiger partial charge in [0, 0.05) is 12.1 Å². The summed E-state index contributed by atoms with van der Waals surface area (Å²) >= 11 is 0. The van der Waals surface area contributed by atoms with Crippen LogP contribution in [0.15, 0.2) is 47.1 Å². The maximum Gasteiger partial charge on any atom is 0.315 e. The van der Waals surface area contributed by atoms with Gasteiger partial charge in [-0.15, -0.1) is 0 Å². The zero-order valence-corrected chi connectivity index (χ0v) is 13.4. The molecule has 1 aliphatic carbocycles. The quantitative estimate of drug-likeness (QED) is 0.729. The molecule has 1 heterocycles. The summed E-state index contributed by atoms with van der Waals surface area (Å²) < 4.78 is 11.0. The highest BCUT2D eigenvalue weighted by atomic mass is 16.5. The Hall–Kier alpha value is -2.47. The average molecular weight is 330 g/mol. The van der Waals surface area contributed by atoms with Crippen molar-refractivity contribution in [2.45, 2.75) is 38.0 Å². The SMILES string of the molecule is O=C(NCc1ccccc1OC1CCC1)NCC(O)c1ccco1. The summed E-state index contributed by atoms with van der Waals surface area (Å²) in [5.74, 6) is 1.24. The molecule has 1 fully saturated rings. The molecule has 2 amide bonds. The van der Waals surface area contributed by atoms with E-state index >= 15 is 0 Å². The van der Waals surface area contributed by atoms with Crippen molar-refractivity contribution < 1.29 is 19.1 Å². The number of furan rings is 1. The number of carbonyl (C=O) groups excluding carboxylic acids is 1. The summed E-state index contributed by atoms with van der Waals surface area (Å²) in [6.07, 6.45) is 4.31. The zero-order chi connectivity index (χ0) is 16.8. The summed E-state index contributed by atoms with van der Waals surface area (Å²) in [4.78, 5) is 11.9. The predicted molar refractivity (Wildman–Crippen MR) is 88.6 cm³/mol. The monoisotopic (exact) mass is 330 g/mol. The van der Waals surface area contributed by atoms with Gasteiger partial charge in [-0.2, -0.15) is 0 Å². The van der Waals surface area contributed by atoms with Crippen LogP contribution in [0.25, 0.3) is 0 Å². The highest BCUT2D eigenvalue weighted by Crippen LogP contribution is 2.27. The Bertz CT molecular complexity index is 653. The number of hydrogen-bond donors (Lipinski definition) is 3. The van der Waals surface area contributed by atoms with Crippen LogP contribution in [0.3, 0.4) is 0 Å². The second kappa shape index (κ2) is 7.88. The van der Waals surface area contributed by atoms with E-state index in [9.17, 15) is 9.90 Å². The molecule has 6 heteroatoms. The second-order valence-electron chi connectivity index (χ2n) is 5.87. The van der Waals surface area contributed by atoms with Crippen molar-refractivity contribution in [1.29, 1.82) is 0 Å². The van der Waals surface area contributed by atoms with Crippen LogP contribution in [0.1, 0.15) is 36.7 Å². The summed E-state index contributed by atoms with van der Waals surface area (Å²) in [5, 5.41) is 15.3. The standard InChI is InChI=1S/C18H22N2O4/c21-15(17-9-4-10-23-17)12-20-18(22)19-11-13-5-1-2-8-16(13)24-14-6-3-7-14/h1-2,4-5,8-10,14-15,21H,3,6-7,11-12H2,(H2,19,20,22). The summed E-state index contributed by atoms with van der Waals surface area (Å²) in [5.41, 5.74) is 0.936. The Morgan fingerprint density at radius 1 is 1.25 bits per heavy atom. The van der Waals surface area contributed by atoms with Crippen molar-refractivity contribution in [2.75, 3.05) is 6.54 Å². The first-order valence-electron chi connectivity index (χ1n) is 8.20. The number of rotatable bonds is 7. The minimum absolute atomic E-state index is 0.0829. The number of aliphatic hydroxyl groups excluding tert-OH is 1. The van der Waals surface area contributed by atoms with E-state index < -0.39 is 6.10 Å². The number of nitrogens with one attached hydrogen (secondary N) is 2. The first-order chi connectivity index (χ1) is 11.7.